The second-order valence-corrected chi connectivity index (χ2v) is 7.86. The minimum Gasteiger partial charge on any atom is -0.388 e. The molecule has 31 heavy (non-hydrogen) atoms. The second-order valence-electron chi connectivity index (χ2n) is 7.86. The van der Waals surface area contributed by atoms with E-state index in [2.05, 4.69) is 5.10 Å². The number of hydrogen-bond donors (Lipinski definition) is 1. The van der Waals surface area contributed by atoms with E-state index >= 15 is 4.39 Å². The summed E-state index contributed by atoms with van der Waals surface area (Å²) in [6.07, 6.45) is 4.08. The summed E-state index contributed by atoms with van der Waals surface area (Å²) in [5.41, 5.74) is 0.895. The predicted octanol–water partition coefficient (Wildman–Crippen LogP) is 3.85. The van der Waals surface area contributed by atoms with Gasteiger partial charge in [-0.15, -0.1) is 0 Å². The standard InChI is InChI=1S/C23H33FN4O3/c1-7-16(8-2)28-12-19(15(4)5)17-11-21(20(24)10-18(17)23(28)31)26(6)25-22(13-29)27(9-3)14-30/h10-12,14-16,29H,7-9,13H2,1-6H3/b25-22-. The number of carbonyl (C=O) groups excluding carboxylic acids is 1. The van der Waals surface area contributed by atoms with Gasteiger partial charge in [0.25, 0.3) is 5.56 Å². The van der Waals surface area contributed by atoms with Gasteiger partial charge in [-0.05, 0) is 48.8 Å². The summed E-state index contributed by atoms with van der Waals surface area (Å²) < 4.78 is 16.8. The number of aromatic nitrogens is 1. The molecular formula is C23H33FN4O3. The number of amides is 1. The van der Waals surface area contributed by atoms with Crippen molar-refractivity contribution in [1.29, 1.82) is 0 Å². The first-order valence-electron chi connectivity index (χ1n) is 10.8. The first-order chi connectivity index (χ1) is 14.7. The number of halogens is 1. The van der Waals surface area contributed by atoms with Crippen molar-refractivity contribution in [3.05, 3.63) is 40.1 Å². The van der Waals surface area contributed by atoms with E-state index in [-0.39, 0.29) is 29.0 Å². The van der Waals surface area contributed by atoms with Crippen molar-refractivity contribution in [2.24, 2.45) is 5.10 Å². The molecule has 1 aromatic carbocycles. The number of hydrazone groups is 1. The molecule has 0 unspecified atom stereocenters. The number of fused-ring (bicyclic) bond motifs is 1. The maximum atomic E-state index is 15.1. The van der Waals surface area contributed by atoms with Crippen molar-refractivity contribution in [1.82, 2.24) is 9.47 Å². The quantitative estimate of drug-likeness (QED) is 0.283. The van der Waals surface area contributed by atoms with Crippen molar-refractivity contribution in [3.63, 3.8) is 0 Å². The minimum absolute atomic E-state index is 0.0555. The molecule has 8 heteroatoms. The summed E-state index contributed by atoms with van der Waals surface area (Å²) >= 11 is 0. The van der Waals surface area contributed by atoms with E-state index in [1.54, 1.807) is 24.6 Å². The first-order valence-corrected chi connectivity index (χ1v) is 10.8. The van der Waals surface area contributed by atoms with Gasteiger partial charge in [-0.25, -0.2) is 4.39 Å². The lowest BCUT2D eigenvalue weighted by Crippen LogP contribution is -2.34. The van der Waals surface area contributed by atoms with Crippen LogP contribution in [0, 0.1) is 5.82 Å². The molecule has 0 atom stereocenters. The summed E-state index contributed by atoms with van der Waals surface area (Å²) in [6, 6.07) is 2.94. The topological polar surface area (TPSA) is 78.1 Å². The molecule has 0 radical (unpaired) electrons. The molecule has 0 saturated carbocycles. The van der Waals surface area contributed by atoms with E-state index < -0.39 is 12.4 Å². The number of aliphatic hydroxyl groups excluding tert-OH is 1. The van der Waals surface area contributed by atoms with Gasteiger partial charge < -0.3 is 9.67 Å². The van der Waals surface area contributed by atoms with E-state index in [9.17, 15) is 14.7 Å². The number of nitrogens with zero attached hydrogens (tertiary/aromatic N) is 4. The normalized spacial score (nSPS) is 12.1. The largest absolute Gasteiger partial charge is 0.388 e. The second kappa shape index (κ2) is 10.5. The van der Waals surface area contributed by atoms with Crippen molar-refractivity contribution < 1.29 is 14.3 Å². The highest BCUT2D eigenvalue weighted by atomic mass is 19.1. The number of pyridine rings is 1. The molecule has 0 spiro atoms. The lowest BCUT2D eigenvalue weighted by atomic mass is 9.97. The van der Waals surface area contributed by atoms with Gasteiger partial charge in [0.05, 0.1) is 11.1 Å². The SMILES string of the molecule is CCC(CC)n1cc(C(C)C)c2cc(N(C)/N=C(/CO)N(C=O)CC)c(F)cc2c1=O. The molecular weight excluding hydrogens is 399 g/mol. The smallest absolute Gasteiger partial charge is 0.258 e. The molecule has 1 heterocycles. The summed E-state index contributed by atoms with van der Waals surface area (Å²) in [5, 5.41) is 16.1. The van der Waals surface area contributed by atoms with Crippen molar-refractivity contribution >= 4 is 28.7 Å². The Morgan fingerprint density at radius 2 is 1.87 bits per heavy atom. The Kier molecular flexibility index (Phi) is 8.33. The number of likely N-dealkylation sites (N-methyl/N-ethyl adjacent to an activating group) is 1. The molecule has 0 bridgehead atoms. The van der Waals surface area contributed by atoms with Gasteiger partial charge in [0.15, 0.2) is 5.84 Å². The number of hydrogen-bond acceptors (Lipinski definition) is 5. The van der Waals surface area contributed by atoms with E-state index in [1.165, 1.54) is 16.0 Å². The Balaban J connectivity index is 2.73. The van der Waals surface area contributed by atoms with Crippen LogP contribution in [0.2, 0.25) is 0 Å². The van der Waals surface area contributed by atoms with E-state index in [0.29, 0.717) is 23.7 Å². The zero-order valence-corrected chi connectivity index (χ0v) is 19.2. The fraction of sp³-hybridized carbons (Fsp3) is 0.522. The van der Waals surface area contributed by atoms with Crippen LogP contribution in [0.15, 0.2) is 28.2 Å². The lowest BCUT2D eigenvalue weighted by molar-refractivity contribution is -0.114. The van der Waals surface area contributed by atoms with Gasteiger partial charge >= 0.3 is 0 Å². The van der Waals surface area contributed by atoms with Gasteiger partial charge in [0.2, 0.25) is 6.41 Å². The molecule has 0 saturated heterocycles. The third kappa shape index (κ3) is 4.95. The Hall–Kier alpha value is -2.74. The third-order valence-corrected chi connectivity index (χ3v) is 5.65. The molecule has 1 aromatic heterocycles. The number of benzene rings is 1. The molecule has 2 aromatic rings. The highest BCUT2D eigenvalue weighted by Gasteiger charge is 2.20. The van der Waals surface area contributed by atoms with Crippen LogP contribution in [0.25, 0.3) is 10.8 Å². The molecule has 0 aliphatic heterocycles. The van der Waals surface area contributed by atoms with Crippen molar-refractivity contribution in [2.75, 3.05) is 25.2 Å². The zero-order chi connectivity index (χ0) is 23.3. The predicted molar refractivity (Wildman–Crippen MR) is 123 cm³/mol. The molecule has 170 valence electrons. The van der Waals surface area contributed by atoms with Gasteiger partial charge in [0, 0.05) is 25.8 Å². The first kappa shape index (κ1) is 24.5. The van der Waals surface area contributed by atoms with Gasteiger partial charge in [0.1, 0.15) is 12.4 Å². The molecule has 2 rings (SSSR count). The van der Waals surface area contributed by atoms with Gasteiger partial charge in [-0.3, -0.25) is 19.5 Å². The number of anilines is 1. The molecule has 0 aliphatic carbocycles. The highest BCUT2D eigenvalue weighted by Crippen LogP contribution is 2.31. The van der Waals surface area contributed by atoms with Crippen LogP contribution in [-0.2, 0) is 4.79 Å². The van der Waals surface area contributed by atoms with Gasteiger partial charge in [-0.2, -0.15) is 5.10 Å². The van der Waals surface area contributed by atoms with Crippen LogP contribution in [-0.4, -0.2) is 47.0 Å². The minimum atomic E-state index is -0.598. The van der Waals surface area contributed by atoms with Crippen LogP contribution >= 0.6 is 0 Å². The summed E-state index contributed by atoms with van der Waals surface area (Å²) in [4.78, 5) is 25.6. The maximum Gasteiger partial charge on any atom is 0.258 e. The molecule has 0 fully saturated rings. The molecule has 7 nitrogen and oxygen atoms in total. The fourth-order valence-electron chi connectivity index (χ4n) is 3.78. The molecule has 1 amide bonds. The summed E-state index contributed by atoms with van der Waals surface area (Å²) in [6.45, 7) is 9.74. The van der Waals surface area contributed by atoms with Crippen LogP contribution in [0.1, 0.15) is 65.0 Å². The maximum absolute atomic E-state index is 15.1. The Morgan fingerprint density at radius 3 is 2.35 bits per heavy atom. The van der Waals surface area contributed by atoms with E-state index in [0.717, 1.165) is 18.4 Å². The van der Waals surface area contributed by atoms with Crippen LogP contribution in [0.3, 0.4) is 0 Å². The molecule has 0 aliphatic rings. The average molecular weight is 433 g/mol. The fourth-order valence-corrected chi connectivity index (χ4v) is 3.78. The Morgan fingerprint density at radius 1 is 1.23 bits per heavy atom. The van der Waals surface area contributed by atoms with Crippen molar-refractivity contribution in [2.45, 2.75) is 59.4 Å². The summed E-state index contributed by atoms with van der Waals surface area (Å²) in [5.74, 6) is -0.374. The third-order valence-electron chi connectivity index (χ3n) is 5.65. The van der Waals surface area contributed by atoms with Gasteiger partial charge in [-0.1, -0.05) is 27.7 Å². The van der Waals surface area contributed by atoms with Crippen LogP contribution in [0.5, 0.6) is 0 Å². The Labute approximate surface area is 182 Å². The highest BCUT2D eigenvalue weighted by molar-refractivity contribution is 5.93. The van der Waals surface area contributed by atoms with Crippen molar-refractivity contribution in [3.8, 4) is 0 Å². The Bertz CT molecular complexity index is 1010. The molecule has 1 N–H and O–H groups in total. The number of aliphatic hydroxyl groups is 1. The van der Waals surface area contributed by atoms with Crippen LogP contribution in [0.4, 0.5) is 10.1 Å². The zero-order valence-electron chi connectivity index (χ0n) is 19.2. The number of carbonyl (C=O) groups is 1. The van der Waals surface area contributed by atoms with E-state index in [4.69, 9.17) is 0 Å². The average Bonchev–Trinajstić information content (AvgIpc) is 2.75. The summed E-state index contributed by atoms with van der Waals surface area (Å²) in [7, 11) is 1.54. The van der Waals surface area contributed by atoms with Crippen LogP contribution < -0.4 is 10.6 Å². The number of rotatable bonds is 9. The van der Waals surface area contributed by atoms with E-state index in [1.807, 2.05) is 33.9 Å². The monoisotopic (exact) mass is 432 g/mol. The lowest BCUT2D eigenvalue weighted by Gasteiger charge is -2.23. The number of amidine groups is 1.